The van der Waals surface area contributed by atoms with Gasteiger partial charge < -0.3 is 10.1 Å². The molecule has 2 rings (SSSR count). The summed E-state index contributed by atoms with van der Waals surface area (Å²) in [5.41, 5.74) is 1.14. The van der Waals surface area contributed by atoms with Crippen molar-refractivity contribution in [1.82, 2.24) is 9.97 Å². The summed E-state index contributed by atoms with van der Waals surface area (Å²) >= 11 is 6.05. The fourth-order valence-electron chi connectivity index (χ4n) is 1.98. The molecule has 0 saturated carbocycles. The minimum absolute atomic E-state index is 0.238. The number of benzene rings is 1. The highest BCUT2D eigenvalue weighted by Gasteiger charge is 2.11. The Hall–Kier alpha value is -1.72. The van der Waals surface area contributed by atoms with Gasteiger partial charge in [-0.25, -0.2) is 14.4 Å². The van der Waals surface area contributed by atoms with E-state index in [4.69, 9.17) is 16.3 Å². The fourth-order valence-corrected chi connectivity index (χ4v) is 2.21. The predicted octanol–water partition coefficient (Wildman–Crippen LogP) is 3.44. The van der Waals surface area contributed by atoms with Crippen molar-refractivity contribution >= 4 is 17.4 Å². The molecule has 2 aromatic rings. The van der Waals surface area contributed by atoms with Crippen molar-refractivity contribution in [3.8, 4) is 0 Å². The predicted molar refractivity (Wildman–Crippen MR) is 81.1 cm³/mol. The topological polar surface area (TPSA) is 47.0 Å². The molecule has 1 aromatic carbocycles. The van der Waals surface area contributed by atoms with Crippen molar-refractivity contribution in [2.45, 2.75) is 20.0 Å². The van der Waals surface area contributed by atoms with Gasteiger partial charge in [0, 0.05) is 36.7 Å². The lowest BCUT2D eigenvalue weighted by Crippen LogP contribution is -2.08. The summed E-state index contributed by atoms with van der Waals surface area (Å²) in [5, 5.41) is 3.50. The van der Waals surface area contributed by atoms with Crippen molar-refractivity contribution in [1.29, 1.82) is 0 Å². The molecule has 0 amide bonds. The number of rotatable bonds is 6. The number of hydrogen-bond donors (Lipinski definition) is 1. The zero-order valence-electron chi connectivity index (χ0n) is 12.0. The minimum atomic E-state index is -0.353. The molecule has 0 saturated heterocycles. The van der Waals surface area contributed by atoms with Crippen LogP contribution in [-0.2, 0) is 17.8 Å². The maximum atomic E-state index is 13.9. The molecule has 0 spiro atoms. The van der Waals surface area contributed by atoms with E-state index < -0.39 is 0 Å². The summed E-state index contributed by atoms with van der Waals surface area (Å²) in [4.78, 5) is 8.76. The monoisotopic (exact) mass is 309 g/mol. The number of hydrogen-bond acceptors (Lipinski definition) is 4. The van der Waals surface area contributed by atoms with E-state index in [1.807, 2.05) is 13.0 Å². The number of ether oxygens (including phenoxy) is 1. The second-order valence-corrected chi connectivity index (χ2v) is 4.91. The Balaban J connectivity index is 2.34. The molecule has 1 N–H and O–H groups in total. The smallest absolute Gasteiger partial charge is 0.135 e. The molecule has 0 atom stereocenters. The first-order valence-corrected chi connectivity index (χ1v) is 7.04. The molecule has 0 aliphatic carbocycles. The zero-order chi connectivity index (χ0) is 15.2. The molecule has 6 heteroatoms. The summed E-state index contributed by atoms with van der Waals surface area (Å²) in [6.07, 6.45) is 0.238. The highest BCUT2D eigenvalue weighted by molar-refractivity contribution is 6.31. The van der Waals surface area contributed by atoms with Crippen LogP contribution in [0, 0.1) is 5.82 Å². The minimum Gasteiger partial charge on any atom is -0.378 e. The number of nitrogens with zero attached hydrogens (tertiary/aromatic N) is 2. The molecular formula is C15H17ClFN3O. The van der Waals surface area contributed by atoms with Gasteiger partial charge in [0.15, 0.2) is 0 Å². The Morgan fingerprint density at radius 2 is 2.14 bits per heavy atom. The van der Waals surface area contributed by atoms with Crippen molar-refractivity contribution in [2.24, 2.45) is 0 Å². The van der Waals surface area contributed by atoms with Crippen molar-refractivity contribution in [3.05, 3.63) is 52.2 Å². The zero-order valence-corrected chi connectivity index (χ0v) is 12.7. The summed E-state index contributed by atoms with van der Waals surface area (Å²) < 4.78 is 18.9. The molecule has 4 nitrogen and oxygen atoms in total. The van der Waals surface area contributed by atoms with E-state index in [2.05, 4.69) is 15.3 Å². The number of anilines is 1. The number of halogens is 2. The maximum Gasteiger partial charge on any atom is 0.135 e. The lowest BCUT2D eigenvalue weighted by atomic mass is 10.1. The van der Waals surface area contributed by atoms with Crippen molar-refractivity contribution in [2.75, 3.05) is 19.0 Å². The molecule has 0 fully saturated rings. The number of nitrogens with one attached hydrogen (secondary N) is 1. The summed E-state index contributed by atoms with van der Waals surface area (Å²) in [7, 11) is 1.60. The van der Waals surface area contributed by atoms with E-state index in [0.717, 1.165) is 12.2 Å². The lowest BCUT2D eigenvalue weighted by Gasteiger charge is -2.10. The molecule has 0 unspecified atom stereocenters. The van der Waals surface area contributed by atoms with Gasteiger partial charge >= 0.3 is 0 Å². The van der Waals surface area contributed by atoms with Gasteiger partial charge in [-0.15, -0.1) is 0 Å². The highest BCUT2D eigenvalue weighted by Crippen LogP contribution is 2.22. The fraction of sp³-hybridized carbons (Fsp3) is 0.333. The van der Waals surface area contributed by atoms with Crippen LogP contribution in [0.5, 0.6) is 0 Å². The van der Waals surface area contributed by atoms with Crippen LogP contribution in [-0.4, -0.2) is 23.6 Å². The molecule has 0 radical (unpaired) electrons. The van der Waals surface area contributed by atoms with E-state index in [0.29, 0.717) is 28.8 Å². The Bertz CT molecular complexity index is 577. The largest absolute Gasteiger partial charge is 0.378 e. The van der Waals surface area contributed by atoms with Gasteiger partial charge in [-0.2, -0.15) is 0 Å². The van der Waals surface area contributed by atoms with Crippen molar-refractivity contribution < 1.29 is 9.13 Å². The van der Waals surface area contributed by atoms with Gasteiger partial charge in [-0.05, 0) is 19.1 Å². The second kappa shape index (κ2) is 7.33. The first-order chi connectivity index (χ1) is 10.1. The number of aromatic nitrogens is 2. The molecular weight excluding hydrogens is 293 g/mol. The van der Waals surface area contributed by atoms with Gasteiger partial charge in [0.05, 0.1) is 12.3 Å². The average Bonchev–Trinajstić information content (AvgIpc) is 2.44. The third kappa shape index (κ3) is 4.12. The lowest BCUT2D eigenvalue weighted by molar-refractivity contribution is 0.181. The van der Waals surface area contributed by atoms with E-state index in [-0.39, 0.29) is 12.2 Å². The Morgan fingerprint density at radius 1 is 1.33 bits per heavy atom. The Kier molecular flexibility index (Phi) is 5.47. The Morgan fingerprint density at radius 3 is 2.81 bits per heavy atom. The Labute approximate surface area is 128 Å². The van der Waals surface area contributed by atoms with E-state index in [9.17, 15) is 4.39 Å². The molecule has 1 heterocycles. The molecule has 0 aliphatic heterocycles. The third-order valence-corrected chi connectivity index (χ3v) is 3.23. The molecule has 0 bridgehead atoms. The van der Waals surface area contributed by atoms with E-state index in [1.165, 1.54) is 6.07 Å². The van der Waals surface area contributed by atoms with Gasteiger partial charge in [-0.1, -0.05) is 17.7 Å². The highest BCUT2D eigenvalue weighted by atomic mass is 35.5. The van der Waals surface area contributed by atoms with Crippen LogP contribution in [0.4, 0.5) is 10.2 Å². The van der Waals surface area contributed by atoms with Gasteiger partial charge in [0.1, 0.15) is 17.5 Å². The summed E-state index contributed by atoms with van der Waals surface area (Å²) in [6.45, 7) is 3.09. The van der Waals surface area contributed by atoms with Gasteiger partial charge in [0.2, 0.25) is 0 Å². The first kappa shape index (κ1) is 15.7. The van der Waals surface area contributed by atoms with Crippen LogP contribution in [0.15, 0.2) is 24.3 Å². The van der Waals surface area contributed by atoms with Crippen LogP contribution >= 0.6 is 11.6 Å². The van der Waals surface area contributed by atoms with Crippen LogP contribution in [0.2, 0.25) is 5.02 Å². The van der Waals surface area contributed by atoms with Crippen LogP contribution < -0.4 is 5.32 Å². The SMILES string of the molecule is CCNc1cc(COC)nc(Cc2c(F)cccc2Cl)n1. The van der Waals surface area contributed by atoms with Crippen LogP contribution in [0.25, 0.3) is 0 Å². The average molecular weight is 310 g/mol. The second-order valence-electron chi connectivity index (χ2n) is 4.50. The third-order valence-electron chi connectivity index (χ3n) is 2.87. The van der Waals surface area contributed by atoms with Gasteiger partial charge in [-0.3, -0.25) is 0 Å². The molecule has 0 aliphatic rings. The molecule has 1 aromatic heterocycles. The first-order valence-electron chi connectivity index (χ1n) is 6.66. The van der Waals surface area contributed by atoms with Gasteiger partial charge in [0.25, 0.3) is 0 Å². The van der Waals surface area contributed by atoms with Crippen LogP contribution in [0.3, 0.4) is 0 Å². The number of methoxy groups -OCH3 is 1. The molecule has 112 valence electrons. The van der Waals surface area contributed by atoms with E-state index in [1.54, 1.807) is 19.2 Å². The maximum absolute atomic E-state index is 13.9. The summed E-state index contributed by atoms with van der Waals surface area (Å²) in [5.74, 6) is 0.850. The normalized spacial score (nSPS) is 10.7. The van der Waals surface area contributed by atoms with Crippen LogP contribution in [0.1, 0.15) is 24.0 Å². The molecule has 21 heavy (non-hydrogen) atoms. The van der Waals surface area contributed by atoms with Crippen molar-refractivity contribution in [3.63, 3.8) is 0 Å². The van der Waals surface area contributed by atoms with E-state index >= 15 is 0 Å². The standard InChI is InChI=1S/C15H17ClFN3O/c1-3-18-14-7-10(9-21-2)19-15(20-14)8-11-12(16)5-4-6-13(11)17/h4-7H,3,8-9H2,1-2H3,(H,18,19,20). The summed E-state index contributed by atoms with van der Waals surface area (Å²) in [6, 6.07) is 6.43. The quantitative estimate of drug-likeness (QED) is 0.888.